The Morgan fingerprint density at radius 1 is 1.61 bits per heavy atom. The van der Waals surface area contributed by atoms with Gasteiger partial charge in [0.2, 0.25) is 11.8 Å². The van der Waals surface area contributed by atoms with E-state index in [4.69, 9.17) is 21.1 Å². The molecule has 1 saturated heterocycles. The number of pyridine rings is 1. The molecule has 0 radical (unpaired) electrons. The van der Waals surface area contributed by atoms with E-state index in [0.717, 1.165) is 12.8 Å². The molecule has 0 aliphatic carbocycles. The highest BCUT2D eigenvalue weighted by molar-refractivity contribution is 6.30. The first-order chi connectivity index (χ1) is 8.75. The van der Waals surface area contributed by atoms with E-state index >= 15 is 0 Å². The molecule has 1 aliphatic rings. The molecule has 6 heteroatoms. The molecule has 0 spiro atoms. The molecule has 1 amide bonds. The minimum absolute atomic E-state index is 0.0693. The van der Waals surface area contributed by atoms with Crippen molar-refractivity contribution in [1.82, 2.24) is 10.3 Å². The maximum atomic E-state index is 11.6. The fraction of sp³-hybridized carbons (Fsp3) is 0.500. The van der Waals surface area contributed by atoms with Gasteiger partial charge in [-0.2, -0.15) is 0 Å². The van der Waals surface area contributed by atoms with Gasteiger partial charge in [0.1, 0.15) is 12.7 Å². The minimum atomic E-state index is -0.293. The summed E-state index contributed by atoms with van der Waals surface area (Å²) in [6, 6.07) is 3.39. The number of hydrogen-bond acceptors (Lipinski definition) is 4. The third-order valence-electron chi connectivity index (χ3n) is 2.57. The second kappa shape index (κ2) is 6.56. The number of hydrogen-bond donors (Lipinski definition) is 1. The number of carbonyl (C=O) groups excluding carboxylic acids is 1. The summed E-state index contributed by atoms with van der Waals surface area (Å²) in [5, 5.41) is 3.33. The summed E-state index contributed by atoms with van der Waals surface area (Å²) in [5.74, 6) is 0.422. The van der Waals surface area contributed by atoms with Crippen LogP contribution < -0.4 is 10.1 Å². The van der Waals surface area contributed by atoms with Gasteiger partial charge in [0.15, 0.2) is 0 Å². The lowest BCUT2D eigenvalue weighted by atomic mass is 10.2. The van der Waals surface area contributed by atoms with Crippen LogP contribution in [0.1, 0.15) is 12.8 Å². The summed E-state index contributed by atoms with van der Waals surface area (Å²) in [6.07, 6.45) is 2.97. The third kappa shape index (κ3) is 3.85. The van der Waals surface area contributed by atoms with Gasteiger partial charge in [-0.3, -0.25) is 4.79 Å². The van der Waals surface area contributed by atoms with E-state index in [-0.39, 0.29) is 12.0 Å². The molecule has 1 unspecified atom stereocenters. The predicted octanol–water partition coefficient (Wildman–Crippen LogP) is 1.41. The van der Waals surface area contributed by atoms with Gasteiger partial charge in [0.05, 0.1) is 11.6 Å². The summed E-state index contributed by atoms with van der Waals surface area (Å²) >= 11 is 5.70. The number of rotatable bonds is 5. The molecule has 1 fully saturated rings. The summed E-state index contributed by atoms with van der Waals surface area (Å²) in [7, 11) is 0. The molecule has 2 rings (SSSR count). The predicted molar refractivity (Wildman–Crippen MR) is 66.7 cm³/mol. The Morgan fingerprint density at radius 3 is 3.17 bits per heavy atom. The van der Waals surface area contributed by atoms with Crippen molar-refractivity contribution < 1.29 is 14.3 Å². The zero-order chi connectivity index (χ0) is 12.8. The van der Waals surface area contributed by atoms with Gasteiger partial charge in [-0.05, 0) is 18.9 Å². The molecule has 98 valence electrons. The average Bonchev–Trinajstić information content (AvgIpc) is 2.90. The number of nitrogens with one attached hydrogen (secondary N) is 1. The number of carbonyl (C=O) groups is 1. The molecule has 1 aromatic heterocycles. The Bertz CT molecular complexity index is 391. The lowest BCUT2D eigenvalue weighted by Gasteiger charge is -2.10. The maximum Gasteiger partial charge on any atom is 0.249 e. The quantitative estimate of drug-likeness (QED) is 0.822. The van der Waals surface area contributed by atoms with E-state index in [0.29, 0.717) is 30.7 Å². The molecule has 0 aromatic carbocycles. The van der Waals surface area contributed by atoms with Crippen molar-refractivity contribution in [3.8, 4) is 5.88 Å². The van der Waals surface area contributed by atoms with Crippen LogP contribution in [0.5, 0.6) is 5.88 Å². The lowest BCUT2D eigenvalue weighted by molar-refractivity contribution is -0.130. The minimum Gasteiger partial charge on any atom is -0.476 e. The van der Waals surface area contributed by atoms with E-state index in [2.05, 4.69) is 10.3 Å². The van der Waals surface area contributed by atoms with E-state index < -0.39 is 0 Å². The molecule has 2 heterocycles. The van der Waals surface area contributed by atoms with Gasteiger partial charge in [0.25, 0.3) is 0 Å². The smallest absolute Gasteiger partial charge is 0.249 e. The van der Waals surface area contributed by atoms with Crippen LogP contribution in [-0.2, 0) is 9.53 Å². The second-order valence-corrected chi connectivity index (χ2v) is 4.39. The first-order valence-electron chi connectivity index (χ1n) is 5.89. The molecule has 1 aromatic rings. The number of amides is 1. The molecular weight excluding hydrogens is 256 g/mol. The normalized spacial score (nSPS) is 18.6. The Balaban J connectivity index is 1.63. The van der Waals surface area contributed by atoms with Crippen LogP contribution in [0.4, 0.5) is 0 Å². The van der Waals surface area contributed by atoms with Crippen molar-refractivity contribution in [2.45, 2.75) is 18.9 Å². The monoisotopic (exact) mass is 270 g/mol. The number of nitrogens with zero attached hydrogens (tertiary/aromatic N) is 1. The van der Waals surface area contributed by atoms with E-state index in [1.54, 1.807) is 12.1 Å². The van der Waals surface area contributed by atoms with Crippen molar-refractivity contribution in [3.05, 3.63) is 23.4 Å². The average molecular weight is 271 g/mol. The zero-order valence-electron chi connectivity index (χ0n) is 9.89. The SMILES string of the molecule is O=C(NCCOc1ccc(Cl)cn1)C1CCCO1. The van der Waals surface area contributed by atoms with Crippen LogP contribution in [0.25, 0.3) is 0 Å². The van der Waals surface area contributed by atoms with Gasteiger partial charge in [0, 0.05) is 18.9 Å². The van der Waals surface area contributed by atoms with E-state index in [1.807, 2.05) is 0 Å². The Labute approximate surface area is 110 Å². The number of halogens is 1. The van der Waals surface area contributed by atoms with Crippen LogP contribution in [0, 0.1) is 0 Å². The van der Waals surface area contributed by atoms with Gasteiger partial charge in [-0.25, -0.2) is 4.98 Å². The summed E-state index contributed by atoms with van der Waals surface area (Å²) in [6.45, 7) is 1.47. The fourth-order valence-corrected chi connectivity index (χ4v) is 1.79. The maximum absolute atomic E-state index is 11.6. The summed E-state index contributed by atoms with van der Waals surface area (Å²) < 4.78 is 10.6. The van der Waals surface area contributed by atoms with Crippen molar-refractivity contribution in [1.29, 1.82) is 0 Å². The van der Waals surface area contributed by atoms with Crippen LogP contribution in [0.3, 0.4) is 0 Å². The molecular formula is C12H15ClN2O3. The summed E-state index contributed by atoms with van der Waals surface area (Å²) in [5.41, 5.74) is 0. The van der Waals surface area contributed by atoms with Crippen molar-refractivity contribution in [2.24, 2.45) is 0 Å². The van der Waals surface area contributed by atoms with Crippen LogP contribution in [-0.4, -0.2) is 36.8 Å². The molecule has 1 aliphatic heterocycles. The fourth-order valence-electron chi connectivity index (χ4n) is 1.68. The largest absolute Gasteiger partial charge is 0.476 e. The van der Waals surface area contributed by atoms with E-state index in [1.165, 1.54) is 6.20 Å². The highest BCUT2D eigenvalue weighted by atomic mass is 35.5. The highest BCUT2D eigenvalue weighted by Gasteiger charge is 2.22. The van der Waals surface area contributed by atoms with E-state index in [9.17, 15) is 4.79 Å². The molecule has 0 saturated carbocycles. The van der Waals surface area contributed by atoms with Crippen molar-refractivity contribution >= 4 is 17.5 Å². The van der Waals surface area contributed by atoms with Gasteiger partial charge >= 0.3 is 0 Å². The third-order valence-corrected chi connectivity index (χ3v) is 2.80. The summed E-state index contributed by atoms with van der Waals surface area (Å²) in [4.78, 5) is 15.6. The van der Waals surface area contributed by atoms with Gasteiger partial charge < -0.3 is 14.8 Å². The van der Waals surface area contributed by atoms with Crippen LogP contribution in [0.15, 0.2) is 18.3 Å². The van der Waals surface area contributed by atoms with Crippen LogP contribution >= 0.6 is 11.6 Å². The van der Waals surface area contributed by atoms with Crippen molar-refractivity contribution in [3.63, 3.8) is 0 Å². The van der Waals surface area contributed by atoms with Crippen LogP contribution in [0.2, 0.25) is 5.02 Å². The molecule has 18 heavy (non-hydrogen) atoms. The molecule has 1 atom stereocenters. The molecule has 5 nitrogen and oxygen atoms in total. The first-order valence-corrected chi connectivity index (χ1v) is 6.27. The molecule has 0 bridgehead atoms. The Morgan fingerprint density at radius 2 is 2.50 bits per heavy atom. The van der Waals surface area contributed by atoms with Crippen molar-refractivity contribution in [2.75, 3.05) is 19.8 Å². The zero-order valence-corrected chi connectivity index (χ0v) is 10.7. The molecule has 1 N–H and O–H groups in total. The number of aromatic nitrogens is 1. The topological polar surface area (TPSA) is 60.5 Å². The standard InChI is InChI=1S/C12H15ClN2O3/c13-9-3-4-11(15-8-9)18-7-5-14-12(16)10-2-1-6-17-10/h3-4,8,10H,1-2,5-7H2,(H,14,16). The van der Waals surface area contributed by atoms with Gasteiger partial charge in [-0.1, -0.05) is 11.6 Å². The first kappa shape index (κ1) is 13.1. The highest BCUT2D eigenvalue weighted by Crippen LogP contribution is 2.12. The second-order valence-electron chi connectivity index (χ2n) is 3.96. The van der Waals surface area contributed by atoms with Gasteiger partial charge in [-0.15, -0.1) is 0 Å². The Hall–Kier alpha value is -1.33. The lowest BCUT2D eigenvalue weighted by Crippen LogP contribution is -2.36. The number of ether oxygens (including phenoxy) is 2. The Kier molecular flexibility index (Phi) is 4.78.